The van der Waals surface area contributed by atoms with Gasteiger partial charge in [-0.3, -0.25) is 4.40 Å². The summed E-state index contributed by atoms with van der Waals surface area (Å²) in [6.45, 7) is 1.58. The molecule has 0 aliphatic heterocycles. The van der Waals surface area contributed by atoms with Crippen LogP contribution in [0.3, 0.4) is 0 Å². The molecule has 3 aromatic heterocycles. The second kappa shape index (κ2) is 8.00. The molecule has 0 amide bonds. The van der Waals surface area contributed by atoms with E-state index in [-0.39, 0.29) is 27.7 Å². The SMILES string of the molecule is Cc1nc2cc(-c3noc(C(F)(F)F)n3)ccn2c1N=S(C)(=O)c1ccc(OC(F)(F)F)cc1. The number of aryl methyl sites for hydroxylation is 1. The lowest BCUT2D eigenvalue weighted by atomic mass is 10.2. The van der Waals surface area contributed by atoms with Crippen LogP contribution in [0, 0.1) is 6.92 Å². The van der Waals surface area contributed by atoms with Crippen molar-refractivity contribution in [1.29, 1.82) is 0 Å². The molecule has 0 bridgehead atoms. The Labute approximate surface area is 187 Å². The number of aromatic nitrogens is 4. The molecule has 0 aliphatic rings. The molecule has 1 aromatic carbocycles. The molecule has 0 radical (unpaired) electrons. The van der Waals surface area contributed by atoms with Crippen molar-refractivity contribution in [3.63, 3.8) is 0 Å². The zero-order valence-electron chi connectivity index (χ0n) is 17.2. The number of hydrogen-bond acceptors (Lipinski definition) is 7. The van der Waals surface area contributed by atoms with Gasteiger partial charge in [0.15, 0.2) is 5.82 Å². The van der Waals surface area contributed by atoms with Crippen LogP contribution in [0.1, 0.15) is 11.6 Å². The highest BCUT2D eigenvalue weighted by molar-refractivity contribution is 7.93. The van der Waals surface area contributed by atoms with Crippen LogP contribution in [0.15, 0.2) is 56.4 Å². The summed E-state index contributed by atoms with van der Waals surface area (Å²) < 4.78 is 102. The van der Waals surface area contributed by atoms with Gasteiger partial charge in [0.1, 0.15) is 11.4 Å². The van der Waals surface area contributed by atoms with Crippen LogP contribution in [0.4, 0.5) is 32.2 Å². The predicted octanol–water partition coefficient (Wildman–Crippen LogP) is 5.40. The van der Waals surface area contributed by atoms with E-state index in [1.165, 1.54) is 41.1 Å². The maximum absolute atomic E-state index is 13.2. The number of fused-ring (bicyclic) bond motifs is 1. The van der Waals surface area contributed by atoms with Crippen molar-refractivity contribution in [3.05, 3.63) is 54.2 Å². The van der Waals surface area contributed by atoms with Crippen molar-refractivity contribution < 1.29 is 39.8 Å². The second-order valence-corrected chi connectivity index (χ2v) is 9.26. The van der Waals surface area contributed by atoms with E-state index in [0.29, 0.717) is 5.69 Å². The van der Waals surface area contributed by atoms with Gasteiger partial charge in [0, 0.05) is 22.9 Å². The Morgan fingerprint density at radius 3 is 2.32 bits per heavy atom. The molecular formula is C19H13F6N5O3S. The lowest BCUT2D eigenvalue weighted by molar-refractivity contribution is -0.274. The fraction of sp³-hybridized carbons (Fsp3) is 0.211. The number of ether oxygens (including phenoxy) is 1. The van der Waals surface area contributed by atoms with E-state index >= 15 is 0 Å². The van der Waals surface area contributed by atoms with E-state index in [1.807, 2.05) is 0 Å². The fourth-order valence-electron chi connectivity index (χ4n) is 2.97. The van der Waals surface area contributed by atoms with Gasteiger partial charge in [0.2, 0.25) is 5.82 Å². The summed E-state index contributed by atoms with van der Waals surface area (Å²) in [4.78, 5) is 7.76. The average Bonchev–Trinajstić information content (AvgIpc) is 3.32. The minimum Gasteiger partial charge on any atom is -0.406 e. The largest absolute Gasteiger partial charge is 0.573 e. The Bertz CT molecular complexity index is 1480. The average molecular weight is 505 g/mol. The van der Waals surface area contributed by atoms with Crippen LogP contribution >= 0.6 is 0 Å². The first-order chi connectivity index (χ1) is 15.7. The lowest BCUT2D eigenvalue weighted by Crippen LogP contribution is -2.17. The number of benzene rings is 1. The molecule has 15 heteroatoms. The van der Waals surface area contributed by atoms with Crippen LogP contribution in [0.2, 0.25) is 0 Å². The Morgan fingerprint density at radius 1 is 1.06 bits per heavy atom. The van der Waals surface area contributed by atoms with Gasteiger partial charge < -0.3 is 9.26 Å². The Balaban J connectivity index is 1.70. The summed E-state index contributed by atoms with van der Waals surface area (Å²) in [6.07, 6.45) is -6.91. The van der Waals surface area contributed by atoms with Gasteiger partial charge in [-0.25, -0.2) is 9.19 Å². The molecule has 1 atom stereocenters. The Hall–Kier alpha value is -3.62. The van der Waals surface area contributed by atoms with Crippen LogP contribution in [0.25, 0.3) is 17.0 Å². The van der Waals surface area contributed by atoms with Gasteiger partial charge in [-0.2, -0.15) is 22.5 Å². The van der Waals surface area contributed by atoms with Crippen molar-refractivity contribution in [1.82, 2.24) is 19.5 Å². The van der Waals surface area contributed by atoms with Crippen LogP contribution in [-0.2, 0) is 15.9 Å². The Kier molecular flexibility index (Phi) is 5.54. The molecule has 3 heterocycles. The highest BCUT2D eigenvalue weighted by atomic mass is 32.2. The highest BCUT2D eigenvalue weighted by Crippen LogP contribution is 2.31. The molecule has 1 unspecified atom stereocenters. The summed E-state index contributed by atoms with van der Waals surface area (Å²) in [5, 5.41) is 3.32. The molecule has 8 nitrogen and oxygen atoms in total. The highest BCUT2D eigenvalue weighted by Gasteiger charge is 2.38. The fourth-order valence-corrected chi connectivity index (χ4v) is 4.26. The lowest BCUT2D eigenvalue weighted by Gasteiger charge is -2.10. The number of rotatable bonds is 4. The minimum absolute atomic E-state index is 0.152. The van der Waals surface area contributed by atoms with Gasteiger partial charge in [-0.15, -0.1) is 13.2 Å². The molecule has 180 valence electrons. The second-order valence-electron chi connectivity index (χ2n) is 7.00. The van der Waals surface area contributed by atoms with E-state index in [9.17, 15) is 30.6 Å². The van der Waals surface area contributed by atoms with E-state index < -0.39 is 33.9 Å². The molecule has 0 fully saturated rings. The van der Waals surface area contributed by atoms with Crippen LogP contribution < -0.4 is 4.74 Å². The van der Waals surface area contributed by atoms with Crippen molar-refractivity contribution in [2.75, 3.05) is 6.26 Å². The van der Waals surface area contributed by atoms with Crippen LogP contribution in [0.5, 0.6) is 5.75 Å². The predicted molar refractivity (Wildman–Crippen MR) is 106 cm³/mol. The zero-order valence-corrected chi connectivity index (χ0v) is 18.0. The number of nitrogens with zero attached hydrogens (tertiary/aromatic N) is 5. The standard InChI is InChI=1S/C19H13F6N5O3S/c1-10-16(29-34(2,31)13-5-3-12(4-6-13)32-19(23,24)25)30-8-7-11(9-14(30)26-10)15-27-17(33-28-15)18(20,21)22/h3-9H,1-2H3. The number of pyridine rings is 1. The van der Waals surface area contributed by atoms with E-state index in [4.69, 9.17) is 0 Å². The first kappa shape index (κ1) is 23.5. The number of alkyl halides is 6. The van der Waals surface area contributed by atoms with E-state index in [0.717, 1.165) is 12.1 Å². The Morgan fingerprint density at radius 2 is 1.74 bits per heavy atom. The minimum atomic E-state index is -4.86. The topological polar surface area (TPSA) is 94.9 Å². The summed E-state index contributed by atoms with van der Waals surface area (Å²) >= 11 is 0. The number of halogens is 6. The molecular weight excluding hydrogens is 492 g/mol. The summed E-state index contributed by atoms with van der Waals surface area (Å²) in [6, 6.07) is 7.26. The third-order valence-corrected chi connectivity index (χ3v) is 6.12. The summed E-state index contributed by atoms with van der Waals surface area (Å²) in [5.41, 5.74) is 0.810. The monoisotopic (exact) mass is 505 g/mol. The maximum atomic E-state index is 13.2. The van der Waals surface area contributed by atoms with Gasteiger partial charge in [-0.1, -0.05) is 5.16 Å². The normalized spacial score (nSPS) is 14.2. The smallest absolute Gasteiger partial charge is 0.406 e. The third kappa shape index (κ3) is 4.83. The summed E-state index contributed by atoms with van der Waals surface area (Å²) in [7, 11) is -3.12. The van der Waals surface area contributed by atoms with Crippen molar-refractivity contribution >= 4 is 21.2 Å². The van der Waals surface area contributed by atoms with E-state index in [2.05, 4.69) is 28.7 Å². The van der Waals surface area contributed by atoms with Crippen molar-refractivity contribution in [2.24, 2.45) is 4.36 Å². The van der Waals surface area contributed by atoms with Crippen LogP contribution in [-0.4, -0.2) is 36.4 Å². The zero-order chi connectivity index (χ0) is 24.9. The molecule has 4 aromatic rings. The molecule has 0 N–H and O–H groups in total. The van der Waals surface area contributed by atoms with Gasteiger partial charge >= 0.3 is 18.4 Å². The molecule has 0 aliphatic carbocycles. The van der Waals surface area contributed by atoms with Gasteiger partial charge in [-0.05, 0) is 43.3 Å². The van der Waals surface area contributed by atoms with Gasteiger partial charge in [0.25, 0.3) is 0 Å². The first-order valence-corrected chi connectivity index (χ1v) is 11.1. The molecule has 0 saturated heterocycles. The first-order valence-electron chi connectivity index (χ1n) is 9.21. The maximum Gasteiger partial charge on any atom is 0.573 e. The van der Waals surface area contributed by atoms with Gasteiger partial charge in [0.05, 0.1) is 15.4 Å². The number of hydrogen-bond donors (Lipinski definition) is 0. The third-order valence-electron chi connectivity index (χ3n) is 4.45. The van der Waals surface area contributed by atoms with Crippen molar-refractivity contribution in [3.8, 4) is 17.1 Å². The summed E-state index contributed by atoms with van der Waals surface area (Å²) in [5.74, 6) is -2.07. The van der Waals surface area contributed by atoms with E-state index in [1.54, 1.807) is 6.92 Å². The van der Waals surface area contributed by atoms with Crippen molar-refractivity contribution in [2.45, 2.75) is 24.4 Å². The number of imidazole rings is 1. The molecule has 34 heavy (non-hydrogen) atoms. The quantitative estimate of drug-likeness (QED) is 0.345. The molecule has 0 saturated carbocycles. The molecule has 0 spiro atoms. The molecule has 4 rings (SSSR count).